The molecule has 106 valence electrons. The standard InChI is InChI=1S/C14H16IN3O2/c15-9-13(19)17-7-5-10(6-8-17)18-12-4-2-1-3-11(12)16-14(18)20/h1-4,10H,5-9H2,(H,16,20). The summed E-state index contributed by atoms with van der Waals surface area (Å²) in [5.74, 6) is 0.190. The van der Waals surface area contributed by atoms with E-state index < -0.39 is 0 Å². The third-order valence-corrected chi connectivity index (χ3v) is 4.57. The van der Waals surface area contributed by atoms with Gasteiger partial charge in [0.25, 0.3) is 0 Å². The molecule has 0 radical (unpaired) electrons. The summed E-state index contributed by atoms with van der Waals surface area (Å²) in [4.78, 5) is 28.6. The molecule has 6 heteroatoms. The second-order valence-corrected chi connectivity index (χ2v) is 5.83. The molecule has 0 bridgehead atoms. The van der Waals surface area contributed by atoms with Gasteiger partial charge in [-0.05, 0) is 25.0 Å². The number of aromatic amines is 1. The summed E-state index contributed by atoms with van der Waals surface area (Å²) in [6.07, 6.45) is 1.67. The van der Waals surface area contributed by atoms with Gasteiger partial charge in [-0.2, -0.15) is 0 Å². The van der Waals surface area contributed by atoms with Gasteiger partial charge in [-0.25, -0.2) is 4.79 Å². The Morgan fingerprint density at radius 1 is 1.30 bits per heavy atom. The third kappa shape index (κ3) is 2.36. The van der Waals surface area contributed by atoms with E-state index in [1.807, 2.05) is 33.7 Å². The fraction of sp³-hybridized carbons (Fsp3) is 0.429. The zero-order chi connectivity index (χ0) is 14.1. The van der Waals surface area contributed by atoms with Gasteiger partial charge < -0.3 is 9.88 Å². The van der Waals surface area contributed by atoms with Crippen molar-refractivity contribution in [1.29, 1.82) is 0 Å². The van der Waals surface area contributed by atoms with E-state index in [2.05, 4.69) is 27.6 Å². The minimum absolute atomic E-state index is 0.0510. The van der Waals surface area contributed by atoms with Crippen molar-refractivity contribution in [2.75, 3.05) is 17.5 Å². The summed E-state index contributed by atoms with van der Waals surface area (Å²) < 4.78 is 2.37. The Kier molecular flexibility index (Phi) is 3.82. The number of piperidine rings is 1. The predicted octanol–water partition coefficient (Wildman–Crippen LogP) is 1.93. The normalized spacial score (nSPS) is 16.8. The van der Waals surface area contributed by atoms with E-state index >= 15 is 0 Å². The molecule has 0 aliphatic carbocycles. The Bertz CT molecular complexity index is 683. The highest BCUT2D eigenvalue weighted by Crippen LogP contribution is 2.24. The van der Waals surface area contributed by atoms with Gasteiger partial charge in [-0.1, -0.05) is 34.7 Å². The van der Waals surface area contributed by atoms with E-state index in [-0.39, 0.29) is 17.6 Å². The second-order valence-electron chi connectivity index (χ2n) is 5.06. The van der Waals surface area contributed by atoms with Crippen LogP contribution in [0.4, 0.5) is 0 Å². The van der Waals surface area contributed by atoms with E-state index in [0.29, 0.717) is 4.43 Å². The van der Waals surface area contributed by atoms with Gasteiger partial charge >= 0.3 is 5.69 Å². The molecule has 0 saturated carbocycles. The average molecular weight is 385 g/mol. The SMILES string of the molecule is O=C(CI)N1CCC(n2c(=O)[nH]c3ccccc32)CC1. The highest BCUT2D eigenvalue weighted by atomic mass is 127. The van der Waals surface area contributed by atoms with Crippen LogP contribution in [-0.2, 0) is 4.79 Å². The van der Waals surface area contributed by atoms with Crippen LogP contribution in [0.25, 0.3) is 11.0 Å². The van der Waals surface area contributed by atoms with Gasteiger partial charge in [-0.3, -0.25) is 9.36 Å². The van der Waals surface area contributed by atoms with Crippen molar-refractivity contribution < 1.29 is 4.79 Å². The third-order valence-electron chi connectivity index (χ3n) is 3.92. The lowest BCUT2D eigenvalue weighted by atomic mass is 10.0. The number of nitrogens with zero attached hydrogens (tertiary/aromatic N) is 2. The van der Waals surface area contributed by atoms with Crippen LogP contribution in [-0.4, -0.2) is 37.9 Å². The van der Waals surface area contributed by atoms with E-state index in [9.17, 15) is 9.59 Å². The molecule has 1 fully saturated rings. The van der Waals surface area contributed by atoms with Crippen molar-refractivity contribution in [1.82, 2.24) is 14.5 Å². The van der Waals surface area contributed by atoms with Gasteiger partial charge in [0.1, 0.15) is 0 Å². The van der Waals surface area contributed by atoms with Crippen molar-refractivity contribution >= 4 is 39.5 Å². The fourth-order valence-corrected chi connectivity index (χ4v) is 3.38. The Balaban J connectivity index is 1.85. The Morgan fingerprint density at radius 3 is 2.70 bits per heavy atom. The number of aromatic nitrogens is 2. The van der Waals surface area contributed by atoms with Crippen molar-refractivity contribution in [3.8, 4) is 0 Å². The monoisotopic (exact) mass is 385 g/mol. The number of likely N-dealkylation sites (tertiary alicyclic amines) is 1. The quantitative estimate of drug-likeness (QED) is 0.635. The molecule has 1 aliphatic rings. The molecule has 0 unspecified atom stereocenters. The Labute approximate surface area is 130 Å². The zero-order valence-electron chi connectivity index (χ0n) is 11.0. The number of benzene rings is 1. The summed E-state index contributed by atoms with van der Waals surface area (Å²) >= 11 is 2.10. The molecule has 1 saturated heterocycles. The number of hydrogen-bond donors (Lipinski definition) is 1. The zero-order valence-corrected chi connectivity index (χ0v) is 13.2. The predicted molar refractivity (Wildman–Crippen MR) is 86.3 cm³/mol. The van der Waals surface area contributed by atoms with Crippen LogP contribution in [0.2, 0.25) is 0 Å². The topological polar surface area (TPSA) is 58.1 Å². The molecule has 1 amide bonds. The van der Waals surface area contributed by atoms with Crippen LogP contribution in [0.15, 0.2) is 29.1 Å². The van der Waals surface area contributed by atoms with Crippen molar-refractivity contribution in [2.45, 2.75) is 18.9 Å². The van der Waals surface area contributed by atoms with Gasteiger partial charge in [-0.15, -0.1) is 0 Å². The molecule has 2 aromatic rings. The largest absolute Gasteiger partial charge is 0.342 e. The van der Waals surface area contributed by atoms with E-state index in [0.717, 1.165) is 37.0 Å². The van der Waals surface area contributed by atoms with Crippen LogP contribution in [0, 0.1) is 0 Å². The molecular weight excluding hydrogens is 369 g/mol. The lowest BCUT2D eigenvalue weighted by Crippen LogP contribution is -2.40. The highest BCUT2D eigenvalue weighted by molar-refractivity contribution is 14.1. The molecule has 0 spiro atoms. The minimum atomic E-state index is -0.0510. The Morgan fingerprint density at radius 2 is 2.00 bits per heavy atom. The molecule has 0 atom stereocenters. The van der Waals surface area contributed by atoms with Crippen LogP contribution in [0.1, 0.15) is 18.9 Å². The number of carbonyl (C=O) groups excluding carboxylic acids is 1. The maximum atomic E-state index is 12.1. The molecular formula is C14H16IN3O2. The number of rotatable bonds is 2. The number of carbonyl (C=O) groups is 1. The number of hydrogen-bond acceptors (Lipinski definition) is 2. The molecule has 2 heterocycles. The second kappa shape index (κ2) is 5.59. The van der Waals surface area contributed by atoms with E-state index in [1.165, 1.54) is 0 Å². The molecule has 3 rings (SSSR count). The summed E-state index contributed by atoms with van der Waals surface area (Å²) in [5, 5.41) is 0. The first kappa shape index (κ1) is 13.7. The first-order chi connectivity index (χ1) is 9.70. The van der Waals surface area contributed by atoms with Gasteiger partial charge in [0.05, 0.1) is 15.5 Å². The summed E-state index contributed by atoms with van der Waals surface area (Å²) in [7, 11) is 0. The van der Waals surface area contributed by atoms with Crippen molar-refractivity contribution in [3.05, 3.63) is 34.7 Å². The Hall–Kier alpha value is -1.31. The molecule has 1 N–H and O–H groups in total. The van der Waals surface area contributed by atoms with Crippen molar-refractivity contribution in [3.63, 3.8) is 0 Å². The van der Waals surface area contributed by atoms with E-state index in [4.69, 9.17) is 0 Å². The van der Waals surface area contributed by atoms with Crippen LogP contribution in [0.5, 0.6) is 0 Å². The van der Waals surface area contributed by atoms with Crippen LogP contribution >= 0.6 is 22.6 Å². The van der Waals surface area contributed by atoms with Crippen molar-refractivity contribution in [2.24, 2.45) is 0 Å². The number of amides is 1. The number of H-pyrrole nitrogens is 1. The smallest absolute Gasteiger partial charge is 0.326 e. The van der Waals surface area contributed by atoms with Gasteiger partial charge in [0.2, 0.25) is 5.91 Å². The number of halogens is 1. The number of imidazole rings is 1. The number of fused-ring (bicyclic) bond motifs is 1. The first-order valence-electron chi connectivity index (χ1n) is 6.73. The maximum Gasteiger partial charge on any atom is 0.326 e. The maximum absolute atomic E-state index is 12.1. The lowest BCUT2D eigenvalue weighted by Gasteiger charge is -2.32. The first-order valence-corrected chi connectivity index (χ1v) is 8.26. The lowest BCUT2D eigenvalue weighted by molar-refractivity contribution is -0.129. The summed E-state index contributed by atoms with van der Waals surface area (Å²) in [6, 6.07) is 7.93. The van der Waals surface area contributed by atoms with Crippen LogP contribution < -0.4 is 5.69 Å². The summed E-state index contributed by atoms with van der Waals surface area (Å²) in [6.45, 7) is 1.47. The van der Waals surface area contributed by atoms with Gasteiger partial charge in [0, 0.05) is 19.1 Å². The average Bonchev–Trinajstić information content (AvgIpc) is 2.82. The number of para-hydroxylation sites is 2. The molecule has 20 heavy (non-hydrogen) atoms. The van der Waals surface area contributed by atoms with E-state index in [1.54, 1.807) is 0 Å². The molecule has 5 nitrogen and oxygen atoms in total. The highest BCUT2D eigenvalue weighted by Gasteiger charge is 2.25. The molecule has 1 aromatic carbocycles. The van der Waals surface area contributed by atoms with Gasteiger partial charge in [0.15, 0.2) is 0 Å². The molecule has 1 aromatic heterocycles. The summed E-state index contributed by atoms with van der Waals surface area (Å²) in [5.41, 5.74) is 1.78. The number of alkyl halides is 1. The minimum Gasteiger partial charge on any atom is -0.342 e. The van der Waals surface area contributed by atoms with Crippen LogP contribution in [0.3, 0.4) is 0 Å². The fourth-order valence-electron chi connectivity index (χ4n) is 2.89. The molecule has 1 aliphatic heterocycles. The number of nitrogens with one attached hydrogen (secondary N) is 1.